The first-order chi connectivity index (χ1) is 13.8. The minimum Gasteiger partial charge on any atom is -0.264 e. The summed E-state index contributed by atoms with van der Waals surface area (Å²) < 4.78 is 11.1. The van der Waals surface area contributed by atoms with Gasteiger partial charge < -0.3 is 0 Å². The van der Waals surface area contributed by atoms with Crippen molar-refractivity contribution in [2.75, 3.05) is 0 Å². The number of fused-ring (bicyclic) bond motifs is 2. The number of benzene rings is 2. The van der Waals surface area contributed by atoms with E-state index < -0.39 is 0 Å². The molecule has 5 rings (SSSR count). The Labute approximate surface area is 167 Å². The molecule has 138 valence electrons. The highest BCUT2D eigenvalue weighted by atomic mass is 14.9. The molecule has 2 nitrogen and oxygen atoms in total. The maximum atomic E-state index is 8.91. The number of aromatic nitrogens is 2. The molecule has 0 saturated carbocycles. The SMILES string of the molecule is [2H]c1c(C)[n+](C)c2c3c(cc(-c4cccnc4)cc13)C(C)(C)c1cccc(C)c1-2. The van der Waals surface area contributed by atoms with Gasteiger partial charge in [-0.3, -0.25) is 4.98 Å². The minimum absolute atomic E-state index is 0.153. The van der Waals surface area contributed by atoms with Crippen LogP contribution in [0.5, 0.6) is 0 Å². The zero-order valence-electron chi connectivity index (χ0n) is 18.1. The molecule has 1 aliphatic carbocycles. The third-order valence-corrected chi connectivity index (χ3v) is 6.38. The standard InChI is InChI=1S/C26H25N2/c1-16-8-6-10-21-23(16)25-24-20(12-17(2)28(25)5)13-19(14-22(24)26(21,3)4)18-9-7-11-27-15-18/h6-15H,1-5H3/q+1/i12D. The monoisotopic (exact) mass is 366 g/mol. The van der Waals surface area contributed by atoms with Gasteiger partial charge in [0.1, 0.15) is 7.05 Å². The third-order valence-electron chi connectivity index (χ3n) is 6.38. The summed E-state index contributed by atoms with van der Waals surface area (Å²) in [7, 11) is 2.09. The lowest BCUT2D eigenvalue weighted by Crippen LogP contribution is -2.38. The molecule has 0 radical (unpaired) electrons. The predicted octanol–water partition coefficient (Wildman–Crippen LogP) is 5.65. The molecule has 0 bridgehead atoms. The van der Waals surface area contributed by atoms with Crippen molar-refractivity contribution in [2.45, 2.75) is 33.1 Å². The van der Waals surface area contributed by atoms with E-state index in [1.54, 1.807) is 6.20 Å². The van der Waals surface area contributed by atoms with Crippen molar-refractivity contribution in [3.63, 3.8) is 0 Å². The minimum atomic E-state index is -0.153. The second kappa shape index (κ2) is 5.75. The number of aryl methyl sites for hydroxylation is 1. The maximum Gasteiger partial charge on any atom is 0.221 e. The Balaban J connectivity index is 2.03. The Kier molecular flexibility index (Phi) is 3.28. The first-order valence-electron chi connectivity index (χ1n) is 10.3. The van der Waals surface area contributed by atoms with Crippen molar-refractivity contribution in [3.05, 3.63) is 83.3 Å². The highest BCUT2D eigenvalue weighted by Crippen LogP contribution is 2.49. The number of hydrogen-bond donors (Lipinski definition) is 0. The van der Waals surface area contributed by atoms with E-state index in [-0.39, 0.29) is 5.41 Å². The summed E-state index contributed by atoms with van der Waals surface area (Å²) in [4.78, 5) is 4.32. The molecule has 1 aliphatic rings. The molecule has 0 amide bonds. The first kappa shape index (κ1) is 16.0. The fourth-order valence-corrected chi connectivity index (χ4v) is 4.74. The number of nitrogens with zero attached hydrogens (tertiary/aromatic N) is 2. The Morgan fingerprint density at radius 3 is 2.57 bits per heavy atom. The van der Waals surface area contributed by atoms with E-state index in [1.807, 2.05) is 19.2 Å². The van der Waals surface area contributed by atoms with Gasteiger partial charge in [0.15, 0.2) is 5.69 Å². The summed E-state index contributed by atoms with van der Waals surface area (Å²) in [6, 6.07) is 15.8. The van der Waals surface area contributed by atoms with Gasteiger partial charge in [-0.15, -0.1) is 0 Å². The van der Waals surface area contributed by atoms with Gasteiger partial charge in [-0.1, -0.05) is 38.1 Å². The van der Waals surface area contributed by atoms with Crippen LogP contribution in [0.3, 0.4) is 0 Å². The van der Waals surface area contributed by atoms with E-state index in [4.69, 9.17) is 1.37 Å². The second-order valence-corrected chi connectivity index (χ2v) is 8.43. The van der Waals surface area contributed by atoms with E-state index in [0.717, 1.165) is 22.2 Å². The number of hydrogen-bond acceptors (Lipinski definition) is 1. The van der Waals surface area contributed by atoms with E-state index in [1.165, 1.54) is 33.3 Å². The van der Waals surface area contributed by atoms with Crippen molar-refractivity contribution < 1.29 is 5.94 Å². The van der Waals surface area contributed by atoms with Gasteiger partial charge in [0.2, 0.25) is 5.69 Å². The van der Waals surface area contributed by atoms with Crippen molar-refractivity contribution in [1.29, 1.82) is 0 Å². The van der Waals surface area contributed by atoms with E-state index in [2.05, 4.69) is 73.8 Å². The van der Waals surface area contributed by atoms with Gasteiger partial charge in [0.25, 0.3) is 0 Å². The average molecular weight is 367 g/mol. The normalized spacial score (nSPS) is 14.7. The molecule has 2 aromatic carbocycles. The van der Waals surface area contributed by atoms with E-state index in [9.17, 15) is 0 Å². The van der Waals surface area contributed by atoms with Crippen LogP contribution in [0, 0.1) is 13.8 Å². The fourth-order valence-electron chi connectivity index (χ4n) is 4.74. The molecule has 2 heteroatoms. The van der Waals surface area contributed by atoms with E-state index >= 15 is 0 Å². The van der Waals surface area contributed by atoms with Crippen LogP contribution < -0.4 is 4.57 Å². The van der Waals surface area contributed by atoms with Crippen molar-refractivity contribution in [2.24, 2.45) is 7.05 Å². The van der Waals surface area contributed by atoms with Crippen molar-refractivity contribution in [3.8, 4) is 22.4 Å². The van der Waals surface area contributed by atoms with Crippen molar-refractivity contribution in [1.82, 2.24) is 4.98 Å². The first-order valence-corrected chi connectivity index (χ1v) is 9.80. The molecule has 0 N–H and O–H groups in total. The molecule has 4 aromatic rings. The van der Waals surface area contributed by atoms with Crippen LogP contribution >= 0.6 is 0 Å². The van der Waals surface area contributed by atoms with Crippen LogP contribution in [0.4, 0.5) is 0 Å². The molecule has 0 saturated heterocycles. The summed E-state index contributed by atoms with van der Waals surface area (Å²) in [6.45, 7) is 8.85. The average Bonchev–Trinajstić information content (AvgIpc) is 2.72. The Morgan fingerprint density at radius 1 is 1.00 bits per heavy atom. The summed E-state index contributed by atoms with van der Waals surface area (Å²) in [5.74, 6) is 0. The van der Waals surface area contributed by atoms with Gasteiger partial charge in [0.05, 0.1) is 12.3 Å². The van der Waals surface area contributed by atoms with Gasteiger partial charge >= 0.3 is 0 Å². The molecule has 0 atom stereocenters. The quantitative estimate of drug-likeness (QED) is 0.398. The van der Waals surface area contributed by atoms with Crippen LogP contribution in [0.2, 0.25) is 0 Å². The lowest BCUT2D eigenvalue weighted by molar-refractivity contribution is -0.665. The highest BCUT2D eigenvalue weighted by molar-refractivity contribution is 6.02. The Bertz CT molecular complexity index is 1300. The Morgan fingerprint density at radius 2 is 1.82 bits per heavy atom. The molecule has 0 unspecified atom stereocenters. The summed E-state index contributed by atoms with van der Waals surface area (Å²) in [5, 5.41) is 2.23. The van der Waals surface area contributed by atoms with Gasteiger partial charge in [-0.25, -0.2) is 0 Å². The molecule has 28 heavy (non-hydrogen) atoms. The Hall–Kier alpha value is -3.00. The smallest absolute Gasteiger partial charge is 0.221 e. The molecule has 0 spiro atoms. The topological polar surface area (TPSA) is 16.8 Å². The zero-order chi connectivity index (χ0) is 20.5. The highest BCUT2D eigenvalue weighted by Gasteiger charge is 2.39. The summed E-state index contributed by atoms with van der Waals surface area (Å²) in [6.07, 6.45) is 3.71. The predicted molar refractivity (Wildman–Crippen MR) is 115 cm³/mol. The summed E-state index contributed by atoms with van der Waals surface area (Å²) in [5.41, 5.74) is 9.50. The molecule has 0 aliphatic heterocycles. The van der Waals surface area contributed by atoms with E-state index in [0.29, 0.717) is 6.04 Å². The van der Waals surface area contributed by atoms with Crippen LogP contribution in [-0.4, -0.2) is 4.98 Å². The molecule has 2 heterocycles. The lowest BCUT2D eigenvalue weighted by Gasteiger charge is -2.34. The molecular weight excluding hydrogens is 340 g/mol. The maximum absolute atomic E-state index is 8.91. The zero-order valence-corrected chi connectivity index (χ0v) is 17.1. The lowest BCUT2D eigenvalue weighted by atomic mass is 9.68. The van der Waals surface area contributed by atoms with Gasteiger partial charge in [0, 0.05) is 36.3 Å². The van der Waals surface area contributed by atoms with Crippen molar-refractivity contribution >= 4 is 10.8 Å². The number of pyridine rings is 2. The van der Waals surface area contributed by atoms with Crippen LogP contribution in [0.15, 0.2) is 60.9 Å². The number of rotatable bonds is 1. The van der Waals surface area contributed by atoms with Crippen LogP contribution in [0.25, 0.3) is 33.2 Å². The third kappa shape index (κ3) is 2.21. The molecular formula is C26H25N2+. The summed E-state index contributed by atoms with van der Waals surface area (Å²) >= 11 is 0. The largest absolute Gasteiger partial charge is 0.264 e. The molecule has 2 aromatic heterocycles. The van der Waals surface area contributed by atoms with Crippen LogP contribution in [0.1, 0.15) is 37.6 Å². The van der Waals surface area contributed by atoms with Gasteiger partial charge in [-0.05, 0) is 52.8 Å². The fraction of sp³-hybridized carbons (Fsp3) is 0.231. The van der Waals surface area contributed by atoms with Gasteiger partial charge in [-0.2, -0.15) is 4.57 Å². The second-order valence-electron chi connectivity index (χ2n) is 8.43. The van der Waals surface area contributed by atoms with Crippen LogP contribution in [-0.2, 0) is 12.5 Å². The molecule has 0 fully saturated rings.